The van der Waals surface area contributed by atoms with Crippen LogP contribution in [0.15, 0.2) is 98.9 Å². The van der Waals surface area contributed by atoms with Crippen molar-refractivity contribution in [3.05, 3.63) is 107 Å². The van der Waals surface area contributed by atoms with Crippen molar-refractivity contribution < 1.29 is 13.6 Å². The Morgan fingerprint density at radius 1 is 1.00 bits per heavy atom. The van der Waals surface area contributed by atoms with Crippen LogP contribution >= 0.6 is 11.8 Å². The fourth-order valence-corrected chi connectivity index (χ4v) is 5.36. The topological polar surface area (TPSA) is 81.5 Å². The highest BCUT2D eigenvalue weighted by molar-refractivity contribution is 8.00. The molecule has 1 amide bonds. The molecule has 34 heavy (non-hydrogen) atoms. The first-order valence-corrected chi connectivity index (χ1v) is 11.8. The monoisotopic (exact) mass is 469 g/mol. The molecular formula is C26H19N3O4S. The van der Waals surface area contributed by atoms with Crippen LogP contribution in [-0.4, -0.2) is 26.3 Å². The number of amides is 1. The van der Waals surface area contributed by atoms with Gasteiger partial charge in [-0.3, -0.25) is 4.79 Å². The molecule has 168 valence electrons. The van der Waals surface area contributed by atoms with E-state index in [0.29, 0.717) is 34.9 Å². The molecule has 0 aliphatic carbocycles. The Bertz CT molecular complexity index is 1540. The average molecular weight is 470 g/mol. The van der Waals surface area contributed by atoms with Gasteiger partial charge in [-0.25, -0.2) is 9.48 Å². The molecule has 2 aromatic carbocycles. The van der Waals surface area contributed by atoms with Gasteiger partial charge in [-0.15, -0.1) is 11.8 Å². The van der Waals surface area contributed by atoms with Gasteiger partial charge in [-0.1, -0.05) is 36.4 Å². The van der Waals surface area contributed by atoms with E-state index in [2.05, 4.69) is 0 Å². The number of hydrogen-bond acceptors (Lipinski definition) is 6. The first-order chi connectivity index (χ1) is 16.7. The van der Waals surface area contributed by atoms with Crippen molar-refractivity contribution in [3.63, 3.8) is 0 Å². The molecule has 1 fully saturated rings. The second-order valence-electron chi connectivity index (χ2n) is 7.96. The third kappa shape index (κ3) is 3.62. The number of hydrogen-bond donors (Lipinski definition) is 0. The lowest BCUT2D eigenvalue weighted by atomic mass is 10.1. The summed E-state index contributed by atoms with van der Waals surface area (Å²) in [6.45, 7) is 0.339. The van der Waals surface area contributed by atoms with E-state index in [9.17, 15) is 9.59 Å². The largest absolute Gasteiger partial charge is 0.467 e. The summed E-state index contributed by atoms with van der Waals surface area (Å²) in [6.07, 6.45) is 3.49. The van der Waals surface area contributed by atoms with Crippen LogP contribution in [0.25, 0.3) is 27.9 Å². The second kappa shape index (κ2) is 8.39. The van der Waals surface area contributed by atoms with E-state index < -0.39 is 5.63 Å². The van der Waals surface area contributed by atoms with Crippen LogP contribution in [0.5, 0.6) is 0 Å². The predicted octanol–water partition coefficient (Wildman–Crippen LogP) is 5.01. The molecule has 7 nitrogen and oxygen atoms in total. The highest BCUT2D eigenvalue weighted by atomic mass is 32.2. The molecule has 0 N–H and O–H groups in total. The number of benzene rings is 2. The zero-order valence-electron chi connectivity index (χ0n) is 18.0. The van der Waals surface area contributed by atoms with E-state index in [1.54, 1.807) is 34.0 Å². The minimum Gasteiger partial charge on any atom is -0.467 e. The molecule has 1 aliphatic rings. The highest BCUT2D eigenvalue weighted by Gasteiger charge is 2.37. The van der Waals surface area contributed by atoms with E-state index in [4.69, 9.17) is 13.9 Å². The van der Waals surface area contributed by atoms with Crippen molar-refractivity contribution in [1.29, 1.82) is 0 Å². The Morgan fingerprint density at radius 3 is 2.65 bits per heavy atom. The van der Waals surface area contributed by atoms with Gasteiger partial charge in [0.15, 0.2) is 0 Å². The van der Waals surface area contributed by atoms with Crippen molar-refractivity contribution >= 4 is 28.6 Å². The number of furan rings is 1. The van der Waals surface area contributed by atoms with Crippen molar-refractivity contribution in [1.82, 2.24) is 14.7 Å². The van der Waals surface area contributed by atoms with Gasteiger partial charge >= 0.3 is 5.63 Å². The van der Waals surface area contributed by atoms with E-state index in [1.807, 2.05) is 60.8 Å². The van der Waals surface area contributed by atoms with E-state index in [0.717, 1.165) is 16.6 Å². The highest BCUT2D eigenvalue weighted by Crippen LogP contribution is 2.43. The van der Waals surface area contributed by atoms with Gasteiger partial charge in [-0.05, 0) is 36.4 Å². The van der Waals surface area contributed by atoms with E-state index in [1.165, 1.54) is 11.8 Å². The van der Waals surface area contributed by atoms with Crippen LogP contribution < -0.4 is 5.63 Å². The minimum absolute atomic E-state index is 0.00959. The molecule has 8 heteroatoms. The molecular weight excluding hydrogens is 450 g/mol. The fourth-order valence-electron chi connectivity index (χ4n) is 4.17. The quantitative estimate of drug-likeness (QED) is 0.337. The number of aromatic nitrogens is 2. The summed E-state index contributed by atoms with van der Waals surface area (Å²) in [4.78, 5) is 27.6. The van der Waals surface area contributed by atoms with Gasteiger partial charge in [0, 0.05) is 17.1 Å². The predicted molar refractivity (Wildman–Crippen MR) is 129 cm³/mol. The van der Waals surface area contributed by atoms with Crippen molar-refractivity contribution in [2.24, 2.45) is 0 Å². The molecule has 1 aliphatic heterocycles. The van der Waals surface area contributed by atoms with Crippen LogP contribution in [0.2, 0.25) is 0 Å². The summed E-state index contributed by atoms with van der Waals surface area (Å²) in [6, 6.07) is 22.5. The molecule has 6 rings (SSSR count). The Balaban J connectivity index is 1.52. The maximum Gasteiger partial charge on any atom is 0.345 e. The lowest BCUT2D eigenvalue weighted by molar-refractivity contribution is -0.128. The van der Waals surface area contributed by atoms with Crippen LogP contribution in [-0.2, 0) is 11.3 Å². The summed E-state index contributed by atoms with van der Waals surface area (Å²) in [7, 11) is 0. The Labute approximate surface area is 198 Å². The normalized spacial score (nSPS) is 15.9. The van der Waals surface area contributed by atoms with Crippen molar-refractivity contribution in [3.8, 4) is 16.9 Å². The Kier molecular flexibility index (Phi) is 5.07. The smallest absolute Gasteiger partial charge is 0.345 e. The Hall–Kier alpha value is -4.04. The zero-order valence-corrected chi connectivity index (χ0v) is 18.8. The summed E-state index contributed by atoms with van der Waals surface area (Å²) in [5.41, 5.74) is 2.54. The average Bonchev–Trinajstić information content (AvgIpc) is 3.61. The zero-order chi connectivity index (χ0) is 23.1. The molecule has 0 saturated carbocycles. The molecule has 0 unspecified atom stereocenters. The second-order valence-corrected chi connectivity index (χ2v) is 9.03. The van der Waals surface area contributed by atoms with E-state index >= 15 is 0 Å². The summed E-state index contributed by atoms with van der Waals surface area (Å²) >= 11 is 1.51. The summed E-state index contributed by atoms with van der Waals surface area (Å²) < 4.78 is 12.8. The van der Waals surface area contributed by atoms with Crippen molar-refractivity contribution in [2.45, 2.75) is 11.9 Å². The molecule has 0 radical (unpaired) electrons. The van der Waals surface area contributed by atoms with Crippen molar-refractivity contribution in [2.75, 3.05) is 5.75 Å². The summed E-state index contributed by atoms with van der Waals surface area (Å²) in [5, 5.41) is 5.28. The van der Waals surface area contributed by atoms with Gasteiger partial charge in [-0.2, -0.15) is 5.10 Å². The van der Waals surface area contributed by atoms with Gasteiger partial charge in [0.25, 0.3) is 0 Å². The number of fused-ring (bicyclic) bond motifs is 1. The molecule has 1 saturated heterocycles. The number of nitrogens with zero attached hydrogens (tertiary/aromatic N) is 3. The standard InChI is InChI=1S/C26H19N3O4S/c30-23-16-34-25(28(23)14-19-10-6-12-32-19)21-15-29(18-8-2-1-3-9-18)27-24(21)20-13-17-7-4-5-11-22(17)33-26(20)31/h1-13,15,25H,14,16H2/t25-/m1/s1. The third-order valence-corrected chi connectivity index (χ3v) is 7.04. The maximum absolute atomic E-state index is 13.0. The SMILES string of the molecule is O=C1CS[C@H](c2cn(-c3ccccc3)nc2-c2cc3ccccc3oc2=O)N1Cc1ccco1. The van der Waals surface area contributed by atoms with Gasteiger partial charge < -0.3 is 13.7 Å². The number of para-hydroxylation sites is 2. The number of carbonyl (C=O) groups excluding carboxylic acids is 1. The number of carbonyl (C=O) groups is 1. The van der Waals surface area contributed by atoms with Crippen LogP contribution in [0.1, 0.15) is 16.7 Å². The van der Waals surface area contributed by atoms with Crippen LogP contribution in [0.3, 0.4) is 0 Å². The Morgan fingerprint density at radius 2 is 1.82 bits per heavy atom. The molecule has 4 heterocycles. The lowest BCUT2D eigenvalue weighted by Crippen LogP contribution is -2.27. The molecule has 5 aromatic rings. The third-order valence-electron chi connectivity index (χ3n) is 5.80. The summed E-state index contributed by atoms with van der Waals surface area (Å²) in [5.74, 6) is 1.05. The fraction of sp³-hybridized carbons (Fsp3) is 0.115. The van der Waals surface area contributed by atoms with E-state index in [-0.39, 0.29) is 11.3 Å². The molecule has 1 atom stereocenters. The minimum atomic E-state index is -0.467. The molecule has 0 bridgehead atoms. The first kappa shape index (κ1) is 20.6. The van der Waals surface area contributed by atoms with Crippen LogP contribution in [0, 0.1) is 0 Å². The maximum atomic E-state index is 13.0. The van der Waals surface area contributed by atoms with Gasteiger partial charge in [0.1, 0.15) is 22.4 Å². The first-order valence-electron chi connectivity index (χ1n) is 10.8. The number of rotatable bonds is 5. The molecule has 3 aromatic heterocycles. The van der Waals surface area contributed by atoms with Crippen LogP contribution in [0.4, 0.5) is 0 Å². The van der Waals surface area contributed by atoms with Gasteiger partial charge in [0.05, 0.1) is 29.8 Å². The lowest BCUT2D eigenvalue weighted by Gasteiger charge is -2.22. The molecule has 0 spiro atoms. The number of thioether (sulfide) groups is 1. The van der Waals surface area contributed by atoms with Gasteiger partial charge in [0.2, 0.25) is 5.91 Å².